The van der Waals surface area contributed by atoms with E-state index >= 15 is 0 Å². The van der Waals surface area contributed by atoms with E-state index in [0.717, 1.165) is 49.1 Å². The van der Waals surface area contributed by atoms with Crippen molar-refractivity contribution < 1.29 is 9.47 Å². The highest BCUT2D eigenvalue weighted by Crippen LogP contribution is 2.34. The first-order valence-corrected chi connectivity index (χ1v) is 9.81. The number of thioether (sulfide) groups is 1. The van der Waals surface area contributed by atoms with Crippen LogP contribution in [0.15, 0.2) is 16.3 Å². The molecule has 0 bridgehead atoms. The molecule has 0 atom stereocenters. The van der Waals surface area contributed by atoms with Crippen LogP contribution in [0.5, 0.6) is 5.88 Å². The molecule has 5 rings (SSSR count). The van der Waals surface area contributed by atoms with Crippen LogP contribution < -0.4 is 10.3 Å². The summed E-state index contributed by atoms with van der Waals surface area (Å²) in [5.41, 5.74) is 2.88. The van der Waals surface area contributed by atoms with E-state index in [2.05, 4.69) is 19.5 Å². The van der Waals surface area contributed by atoms with E-state index in [1.165, 1.54) is 11.8 Å². The zero-order valence-corrected chi connectivity index (χ0v) is 14.7. The van der Waals surface area contributed by atoms with Gasteiger partial charge >= 0.3 is 0 Å². The molecular formula is C17H20N4O3S. The van der Waals surface area contributed by atoms with Crippen molar-refractivity contribution in [1.82, 2.24) is 19.5 Å². The number of H-pyrrole nitrogens is 1. The Kier molecular flexibility index (Phi) is 3.82. The molecule has 1 aliphatic heterocycles. The molecule has 0 radical (unpaired) electrons. The fourth-order valence-corrected chi connectivity index (χ4v) is 4.16. The molecule has 2 fully saturated rings. The lowest BCUT2D eigenvalue weighted by Gasteiger charge is -2.28. The highest BCUT2D eigenvalue weighted by Gasteiger charge is 2.30. The predicted octanol–water partition coefficient (Wildman–Crippen LogP) is 1.86. The summed E-state index contributed by atoms with van der Waals surface area (Å²) in [7, 11) is 0. The third-order valence-electron chi connectivity index (χ3n) is 4.94. The minimum absolute atomic E-state index is 0.0142. The van der Waals surface area contributed by atoms with Gasteiger partial charge in [-0.3, -0.25) is 4.79 Å². The monoisotopic (exact) mass is 360 g/mol. The van der Waals surface area contributed by atoms with Crippen molar-refractivity contribution in [2.24, 2.45) is 0 Å². The third-order valence-corrected chi connectivity index (χ3v) is 5.82. The fraction of sp³-hybridized carbons (Fsp3) is 0.588. The number of nitrogens with zero attached hydrogens (tertiary/aromatic N) is 3. The molecule has 25 heavy (non-hydrogen) atoms. The van der Waals surface area contributed by atoms with Crippen LogP contribution in [-0.2, 0) is 23.3 Å². The van der Waals surface area contributed by atoms with Gasteiger partial charge in [-0.2, -0.15) is 0 Å². The quantitative estimate of drug-likeness (QED) is 0.625. The number of imidazole rings is 1. The van der Waals surface area contributed by atoms with Crippen molar-refractivity contribution >= 4 is 11.8 Å². The second kappa shape index (κ2) is 6.17. The van der Waals surface area contributed by atoms with Crippen LogP contribution in [0.4, 0.5) is 0 Å². The second-order valence-electron chi connectivity index (χ2n) is 6.85. The Bertz CT molecular complexity index is 854. The maximum absolute atomic E-state index is 12.2. The number of aromatic nitrogens is 4. The van der Waals surface area contributed by atoms with Crippen molar-refractivity contribution in [2.45, 2.75) is 55.2 Å². The molecule has 3 heterocycles. The van der Waals surface area contributed by atoms with Gasteiger partial charge in [0.2, 0.25) is 5.88 Å². The van der Waals surface area contributed by atoms with Gasteiger partial charge in [0.15, 0.2) is 5.16 Å². The lowest BCUT2D eigenvalue weighted by molar-refractivity contribution is -0.0243. The molecule has 0 unspecified atom stereocenters. The van der Waals surface area contributed by atoms with Crippen molar-refractivity contribution in [3.63, 3.8) is 0 Å². The van der Waals surface area contributed by atoms with E-state index in [4.69, 9.17) is 9.47 Å². The minimum atomic E-state index is 0.0142. The van der Waals surface area contributed by atoms with Gasteiger partial charge in [-0.05, 0) is 32.1 Å². The molecule has 2 aromatic heterocycles. The largest absolute Gasteiger partial charge is 0.473 e. The molecule has 3 aliphatic rings. The summed E-state index contributed by atoms with van der Waals surface area (Å²) in [5, 5.41) is 0.681. The van der Waals surface area contributed by atoms with Gasteiger partial charge in [0.1, 0.15) is 6.10 Å². The van der Waals surface area contributed by atoms with Crippen molar-refractivity contribution in [1.29, 1.82) is 0 Å². The molecule has 2 aromatic rings. The Balaban J connectivity index is 1.38. The van der Waals surface area contributed by atoms with Crippen molar-refractivity contribution in [3.05, 3.63) is 33.6 Å². The Morgan fingerprint density at radius 3 is 3.00 bits per heavy atom. The molecule has 8 heteroatoms. The average Bonchev–Trinajstić information content (AvgIpc) is 3.09. The molecule has 1 saturated carbocycles. The molecule has 0 amide bonds. The van der Waals surface area contributed by atoms with E-state index in [0.29, 0.717) is 42.1 Å². The zero-order valence-electron chi connectivity index (χ0n) is 13.9. The lowest BCUT2D eigenvalue weighted by Crippen LogP contribution is -2.31. The Morgan fingerprint density at radius 2 is 2.24 bits per heavy atom. The van der Waals surface area contributed by atoms with Crippen LogP contribution >= 0.6 is 11.8 Å². The number of ether oxygens (including phenoxy) is 2. The van der Waals surface area contributed by atoms with E-state index in [1.807, 2.05) is 6.33 Å². The van der Waals surface area contributed by atoms with Crippen LogP contribution in [0.25, 0.3) is 0 Å². The smallest absolute Gasteiger partial charge is 0.254 e. The summed E-state index contributed by atoms with van der Waals surface area (Å²) in [6.07, 6.45) is 7.13. The van der Waals surface area contributed by atoms with E-state index in [-0.39, 0.29) is 5.56 Å². The summed E-state index contributed by atoms with van der Waals surface area (Å²) in [4.78, 5) is 24.2. The highest BCUT2D eigenvalue weighted by molar-refractivity contribution is 7.98. The Labute approximate surface area is 149 Å². The maximum Gasteiger partial charge on any atom is 0.254 e. The van der Waals surface area contributed by atoms with E-state index in [1.54, 1.807) is 0 Å². The first-order chi connectivity index (χ1) is 12.3. The Hall–Kier alpha value is -1.80. The summed E-state index contributed by atoms with van der Waals surface area (Å²) in [6.45, 7) is 1.43. The van der Waals surface area contributed by atoms with E-state index in [9.17, 15) is 4.79 Å². The number of fused-ring (bicyclic) bond motifs is 1. The molecule has 1 N–H and O–H groups in total. The van der Waals surface area contributed by atoms with Crippen LogP contribution in [0.1, 0.15) is 42.3 Å². The Morgan fingerprint density at radius 1 is 1.36 bits per heavy atom. The van der Waals surface area contributed by atoms with Gasteiger partial charge in [0.05, 0.1) is 37.0 Å². The number of nitrogens with one attached hydrogen (secondary N) is 1. The minimum Gasteiger partial charge on any atom is -0.473 e. The summed E-state index contributed by atoms with van der Waals surface area (Å²) < 4.78 is 13.4. The lowest BCUT2D eigenvalue weighted by atomic mass is 10.2. The van der Waals surface area contributed by atoms with Gasteiger partial charge in [0.25, 0.3) is 5.56 Å². The molecule has 1 saturated heterocycles. The van der Waals surface area contributed by atoms with Crippen LogP contribution in [0.3, 0.4) is 0 Å². The SMILES string of the molecule is O=c1[nH]c(SCc2c(OC3CC3)ncn2C2COC2)nc2c1CCC2. The number of rotatable bonds is 6. The van der Waals surface area contributed by atoms with Gasteiger partial charge in [-0.15, -0.1) is 0 Å². The number of hydrogen-bond acceptors (Lipinski definition) is 6. The maximum atomic E-state index is 12.2. The number of hydrogen-bond donors (Lipinski definition) is 1. The summed E-state index contributed by atoms with van der Waals surface area (Å²) in [6, 6.07) is 0.326. The highest BCUT2D eigenvalue weighted by atomic mass is 32.2. The van der Waals surface area contributed by atoms with Gasteiger partial charge in [-0.25, -0.2) is 9.97 Å². The van der Waals surface area contributed by atoms with Crippen molar-refractivity contribution in [2.75, 3.05) is 13.2 Å². The molecule has 132 valence electrons. The standard InChI is InChI=1S/C17H20N4O3S/c22-15-12-2-1-3-13(12)19-17(20-15)25-8-14-16(24-11-4-5-11)18-9-21(14)10-6-23-7-10/h9-11H,1-8H2,(H,19,20,22). The molecule has 0 aromatic carbocycles. The summed E-state index contributed by atoms with van der Waals surface area (Å²) in [5.74, 6) is 1.38. The van der Waals surface area contributed by atoms with Gasteiger partial charge < -0.3 is 19.0 Å². The first kappa shape index (κ1) is 15.5. The normalized spacial score (nSPS) is 19.7. The number of aromatic amines is 1. The fourth-order valence-electron chi connectivity index (χ4n) is 3.27. The molecular weight excluding hydrogens is 340 g/mol. The molecule has 0 spiro atoms. The van der Waals surface area contributed by atoms with Gasteiger partial charge in [-0.1, -0.05) is 11.8 Å². The first-order valence-electron chi connectivity index (χ1n) is 8.83. The van der Waals surface area contributed by atoms with Gasteiger partial charge in [0, 0.05) is 11.3 Å². The van der Waals surface area contributed by atoms with Crippen LogP contribution in [0.2, 0.25) is 0 Å². The zero-order chi connectivity index (χ0) is 16.8. The predicted molar refractivity (Wildman–Crippen MR) is 92.2 cm³/mol. The number of aryl methyl sites for hydroxylation is 1. The summed E-state index contributed by atoms with van der Waals surface area (Å²) >= 11 is 1.54. The van der Waals surface area contributed by atoms with E-state index < -0.39 is 0 Å². The third kappa shape index (κ3) is 2.97. The molecule has 7 nitrogen and oxygen atoms in total. The second-order valence-corrected chi connectivity index (χ2v) is 7.81. The van der Waals surface area contributed by atoms with Crippen LogP contribution in [0, 0.1) is 0 Å². The topological polar surface area (TPSA) is 82.0 Å². The van der Waals surface area contributed by atoms with Crippen LogP contribution in [-0.4, -0.2) is 38.8 Å². The van der Waals surface area contributed by atoms with Crippen molar-refractivity contribution in [3.8, 4) is 5.88 Å². The molecule has 2 aliphatic carbocycles. The average molecular weight is 360 g/mol.